The Kier molecular flexibility index (Phi) is 3.04. The van der Waals surface area contributed by atoms with Crippen molar-refractivity contribution >= 4 is 11.6 Å². The van der Waals surface area contributed by atoms with Crippen molar-refractivity contribution in [2.75, 3.05) is 23.7 Å². The molecule has 0 bridgehead atoms. The van der Waals surface area contributed by atoms with Crippen LogP contribution in [0.15, 0.2) is 6.07 Å². The van der Waals surface area contributed by atoms with E-state index in [0.717, 1.165) is 30.5 Å². The summed E-state index contributed by atoms with van der Waals surface area (Å²) in [7, 11) is 0. The topological polar surface area (TPSA) is 49.8 Å². The standard InChI is InChI=1S/C11H18N4/c1-3-12-9-7-10(13-4-2)15-11(14-9)8-5-6-8/h7-8H,3-6H2,1-2H3,(H2,12,13,14,15). The lowest BCUT2D eigenvalue weighted by atomic mass is 10.3. The number of anilines is 2. The average molecular weight is 206 g/mol. The summed E-state index contributed by atoms with van der Waals surface area (Å²) in [4.78, 5) is 9.01. The summed E-state index contributed by atoms with van der Waals surface area (Å²) in [6, 6.07) is 1.97. The van der Waals surface area contributed by atoms with Crippen molar-refractivity contribution in [3.8, 4) is 0 Å². The van der Waals surface area contributed by atoms with Crippen LogP contribution in [-0.4, -0.2) is 23.1 Å². The van der Waals surface area contributed by atoms with E-state index in [4.69, 9.17) is 0 Å². The molecule has 2 rings (SSSR count). The Hall–Kier alpha value is -1.32. The molecule has 0 amide bonds. The molecular weight excluding hydrogens is 188 g/mol. The molecule has 1 aromatic heterocycles. The van der Waals surface area contributed by atoms with E-state index < -0.39 is 0 Å². The van der Waals surface area contributed by atoms with Gasteiger partial charge in [-0.25, -0.2) is 9.97 Å². The molecule has 2 N–H and O–H groups in total. The van der Waals surface area contributed by atoms with E-state index in [1.165, 1.54) is 12.8 Å². The van der Waals surface area contributed by atoms with Crippen molar-refractivity contribution in [1.29, 1.82) is 0 Å². The monoisotopic (exact) mass is 206 g/mol. The first kappa shape index (κ1) is 10.2. The first-order chi connectivity index (χ1) is 7.33. The zero-order valence-corrected chi connectivity index (χ0v) is 9.38. The summed E-state index contributed by atoms with van der Waals surface area (Å²) in [6.45, 7) is 5.94. The second-order valence-corrected chi connectivity index (χ2v) is 3.83. The quantitative estimate of drug-likeness (QED) is 0.775. The fourth-order valence-corrected chi connectivity index (χ4v) is 1.53. The van der Waals surface area contributed by atoms with Crippen LogP contribution in [0, 0.1) is 0 Å². The van der Waals surface area contributed by atoms with Crippen molar-refractivity contribution < 1.29 is 0 Å². The minimum absolute atomic E-state index is 0.598. The minimum Gasteiger partial charge on any atom is -0.370 e. The molecule has 1 aliphatic carbocycles. The van der Waals surface area contributed by atoms with E-state index in [1.807, 2.05) is 6.07 Å². The summed E-state index contributed by atoms with van der Waals surface area (Å²) < 4.78 is 0. The molecule has 0 saturated heterocycles. The zero-order chi connectivity index (χ0) is 10.7. The number of hydrogen-bond acceptors (Lipinski definition) is 4. The molecule has 1 fully saturated rings. The molecule has 1 aliphatic rings. The Labute approximate surface area is 90.5 Å². The van der Waals surface area contributed by atoms with Crippen molar-refractivity contribution in [1.82, 2.24) is 9.97 Å². The van der Waals surface area contributed by atoms with Gasteiger partial charge in [-0.05, 0) is 26.7 Å². The van der Waals surface area contributed by atoms with Crippen molar-refractivity contribution in [3.05, 3.63) is 11.9 Å². The first-order valence-electron chi connectivity index (χ1n) is 5.70. The van der Waals surface area contributed by atoms with Gasteiger partial charge in [0.2, 0.25) is 0 Å². The van der Waals surface area contributed by atoms with Crippen LogP contribution in [0.1, 0.15) is 38.4 Å². The summed E-state index contributed by atoms with van der Waals surface area (Å²) in [5.41, 5.74) is 0. The highest BCUT2D eigenvalue weighted by atomic mass is 15.1. The Bertz CT molecular complexity index is 309. The van der Waals surface area contributed by atoms with Gasteiger partial charge in [-0.1, -0.05) is 0 Å². The number of rotatable bonds is 5. The molecule has 0 aromatic carbocycles. The molecule has 82 valence electrons. The highest BCUT2D eigenvalue weighted by Gasteiger charge is 2.27. The number of nitrogens with one attached hydrogen (secondary N) is 2. The van der Waals surface area contributed by atoms with E-state index >= 15 is 0 Å². The molecule has 15 heavy (non-hydrogen) atoms. The van der Waals surface area contributed by atoms with Crippen molar-refractivity contribution in [2.45, 2.75) is 32.6 Å². The molecule has 1 aromatic rings. The van der Waals surface area contributed by atoms with Crippen LogP contribution in [0.3, 0.4) is 0 Å². The third-order valence-corrected chi connectivity index (χ3v) is 2.40. The van der Waals surface area contributed by atoms with Crippen LogP contribution < -0.4 is 10.6 Å². The smallest absolute Gasteiger partial charge is 0.136 e. The van der Waals surface area contributed by atoms with Crippen LogP contribution in [0.25, 0.3) is 0 Å². The van der Waals surface area contributed by atoms with Crippen LogP contribution in [0.5, 0.6) is 0 Å². The second kappa shape index (κ2) is 4.47. The highest BCUT2D eigenvalue weighted by Crippen LogP contribution is 2.38. The SMILES string of the molecule is CCNc1cc(NCC)nc(C2CC2)n1. The van der Waals surface area contributed by atoms with Gasteiger partial charge in [-0.2, -0.15) is 0 Å². The van der Waals surface area contributed by atoms with E-state index in [0.29, 0.717) is 5.92 Å². The maximum absolute atomic E-state index is 4.51. The van der Waals surface area contributed by atoms with Gasteiger partial charge in [0.05, 0.1) is 0 Å². The van der Waals surface area contributed by atoms with Gasteiger partial charge >= 0.3 is 0 Å². The predicted octanol–water partition coefficient (Wildman–Crippen LogP) is 2.22. The molecule has 4 nitrogen and oxygen atoms in total. The summed E-state index contributed by atoms with van der Waals surface area (Å²) in [5, 5.41) is 6.48. The molecule has 0 spiro atoms. The van der Waals surface area contributed by atoms with Crippen LogP contribution >= 0.6 is 0 Å². The summed E-state index contributed by atoms with van der Waals surface area (Å²) in [6.07, 6.45) is 2.47. The largest absolute Gasteiger partial charge is 0.370 e. The zero-order valence-electron chi connectivity index (χ0n) is 9.38. The Morgan fingerprint density at radius 2 is 1.67 bits per heavy atom. The Balaban J connectivity index is 2.21. The van der Waals surface area contributed by atoms with Gasteiger partial charge < -0.3 is 10.6 Å². The molecule has 0 aliphatic heterocycles. The van der Waals surface area contributed by atoms with Gasteiger partial charge in [0.1, 0.15) is 17.5 Å². The van der Waals surface area contributed by atoms with E-state index in [9.17, 15) is 0 Å². The molecule has 0 unspecified atom stereocenters. The second-order valence-electron chi connectivity index (χ2n) is 3.83. The molecule has 4 heteroatoms. The lowest BCUT2D eigenvalue weighted by Gasteiger charge is -2.08. The molecule has 0 atom stereocenters. The lowest BCUT2D eigenvalue weighted by molar-refractivity contribution is 0.921. The van der Waals surface area contributed by atoms with E-state index in [1.54, 1.807) is 0 Å². The van der Waals surface area contributed by atoms with E-state index in [2.05, 4.69) is 34.4 Å². The summed E-state index contributed by atoms with van der Waals surface area (Å²) >= 11 is 0. The first-order valence-corrected chi connectivity index (χ1v) is 5.70. The van der Waals surface area contributed by atoms with Crippen LogP contribution in [-0.2, 0) is 0 Å². The lowest BCUT2D eigenvalue weighted by Crippen LogP contribution is -2.07. The molecule has 1 heterocycles. The van der Waals surface area contributed by atoms with Gasteiger partial charge in [0.15, 0.2) is 0 Å². The molecule has 1 saturated carbocycles. The third kappa shape index (κ3) is 2.58. The predicted molar refractivity (Wildman–Crippen MR) is 62.3 cm³/mol. The van der Waals surface area contributed by atoms with Gasteiger partial charge in [0.25, 0.3) is 0 Å². The van der Waals surface area contributed by atoms with Crippen LogP contribution in [0.4, 0.5) is 11.6 Å². The summed E-state index contributed by atoms with van der Waals surface area (Å²) in [5.74, 6) is 3.46. The maximum atomic E-state index is 4.51. The maximum Gasteiger partial charge on any atom is 0.136 e. The van der Waals surface area contributed by atoms with E-state index in [-0.39, 0.29) is 0 Å². The molecular formula is C11H18N4. The number of hydrogen-bond donors (Lipinski definition) is 2. The number of aromatic nitrogens is 2. The highest BCUT2D eigenvalue weighted by molar-refractivity contribution is 5.48. The minimum atomic E-state index is 0.598. The van der Waals surface area contributed by atoms with Gasteiger partial charge in [-0.15, -0.1) is 0 Å². The van der Waals surface area contributed by atoms with Gasteiger partial charge in [-0.3, -0.25) is 0 Å². The van der Waals surface area contributed by atoms with Crippen molar-refractivity contribution in [2.24, 2.45) is 0 Å². The fraction of sp³-hybridized carbons (Fsp3) is 0.636. The Morgan fingerprint density at radius 1 is 1.13 bits per heavy atom. The Morgan fingerprint density at radius 3 is 2.07 bits per heavy atom. The molecule has 0 radical (unpaired) electrons. The average Bonchev–Trinajstić information content (AvgIpc) is 3.01. The van der Waals surface area contributed by atoms with Crippen LogP contribution in [0.2, 0.25) is 0 Å². The van der Waals surface area contributed by atoms with Gasteiger partial charge in [0, 0.05) is 25.1 Å². The number of nitrogens with zero attached hydrogens (tertiary/aromatic N) is 2. The third-order valence-electron chi connectivity index (χ3n) is 2.40. The normalized spacial score (nSPS) is 15.1. The fourth-order valence-electron chi connectivity index (χ4n) is 1.53. The van der Waals surface area contributed by atoms with Crippen molar-refractivity contribution in [3.63, 3.8) is 0 Å².